The Kier molecular flexibility index (Phi) is 11.2. The Morgan fingerprint density at radius 3 is 2.17 bits per heavy atom. The van der Waals surface area contributed by atoms with Gasteiger partial charge in [0.2, 0.25) is 11.8 Å². The third-order valence-corrected chi connectivity index (χ3v) is 10.8. The second-order valence-corrected chi connectivity index (χ2v) is 14.4. The summed E-state index contributed by atoms with van der Waals surface area (Å²) >= 11 is 12.5. The van der Waals surface area contributed by atoms with E-state index < -0.39 is 34.3 Å². The number of carbonyl (C=O) groups excluding carboxylic acids is 2. The molecule has 246 valence electrons. The molecule has 0 aromatic heterocycles. The van der Waals surface area contributed by atoms with E-state index in [2.05, 4.69) is 5.32 Å². The third kappa shape index (κ3) is 8.71. The van der Waals surface area contributed by atoms with Gasteiger partial charge in [0.15, 0.2) is 0 Å². The van der Waals surface area contributed by atoms with Gasteiger partial charge in [0.1, 0.15) is 18.4 Å². The molecule has 0 spiro atoms. The molecule has 4 aromatic carbocycles. The van der Waals surface area contributed by atoms with Gasteiger partial charge in [-0.05, 0) is 79.4 Å². The predicted octanol–water partition coefficient (Wildman–Crippen LogP) is 7.34. The molecule has 0 saturated heterocycles. The SMILES string of the molecule is Cc1ccc(N(CC(=O)N(Cc2ccc(Cl)c(Cl)c2)C(Cc2ccccc2)C(=O)NC2CCCC2)S(=O)(=O)c2ccc(F)cc2)cc1. The minimum absolute atomic E-state index is 0.00869. The van der Waals surface area contributed by atoms with Crippen LogP contribution in [0.3, 0.4) is 0 Å². The first-order chi connectivity index (χ1) is 22.5. The Bertz CT molecular complexity index is 1800. The fraction of sp³-hybridized carbons (Fsp3) is 0.278. The molecule has 1 fully saturated rings. The number of rotatable bonds is 12. The highest BCUT2D eigenvalue weighted by Gasteiger charge is 2.35. The number of benzene rings is 4. The lowest BCUT2D eigenvalue weighted by Crippen LogP contribution is -2.54. The van der Waals surface area contributed by atoms with E-state index in [1.54, 1.807) is 42.5 Å². The van der Waals surface area contributed by atoms with Gasteiger partial charge in [-0.3, -0.25) is 13.9 Å². The molecule has 11 heteroatoms. The molecule has 0 heterocycles. The van der Waals surface area contributed by atoms with Gasteiger partial charge in [-0.1, -0.05) is 90.1 Å². The molecule has 1 aliphatic rings. The molecule has 1 saturated carbocycles. The average molecular weight is 697 g/mol. The van der Waals surface area contributed by atoms with Crippen molar-refractivity contribution in [3.05, 3.63) is 130 Å². The van der Waals surface area contributed by atoms with Crippen molar-refractivity contribution in [2.24, 2.45) is 0 Å². The zero-order valence-electron chi connectivity index (χ0n) is 25.9. The molecule has 7 nitrogen and oxygen atoms in total. The standard InChI is InChI=1S/C36H36Cl2FN3O4S/c1-25-11-16-30(17-12-25)42(47(45,46)31-18-14-28(39)15-19-31)24-35(43)41(23-27-13-20-32(37)33(38)21-27)34(22-26-7-3-2-4-8-26)36(44)40-29-9-5-6-10-29/h2-4,7-8,11-21,29,34H,5-6,9-10,22-24H2,1H3,(H,40,44). The molecule has 0 radical (unpaired) electrons. The zero-order valence-corrected chi connectivity index (χ0v) is 28.2. The number of aryl methyl sites for hydroxylation is 1. The van der Waals surface area contributed by atoms with Crippen LogP contribution in [0, 0.1) is 12.7 Å². The first kappa shape index (κ1) is 34.4. The minimum Gasteiger partial charge on any atom is -0.352 e. The molecular formula is C36H36Cl2FN3O4S. The highest BCUT2D eigenvalue weighted by molar-refractivity contribution is 7.92. The maximum Gasteiger partial charge on any atom is 0.264 e. The summed E-state index contributed by atoms with van der Waals surface area (Å²) in [6, 6.07) is 24.5. The van der Waals surface area contributed by atoms with Crippen molar-refractivity contribution >= 4 is 50.7 Å². The van der Waals surface area contributed by atoms with E-state index in [1.807, 2.05) is 37.3 Å². The number of nitrogens with zero attached hydrogens (tertiary/aromatic N) is 2. The molecule has 0 aliphatic heterocycles. The van der Waals surface area contributed by atoms with Gasteiger partial charge in [-0.15, -0.1) is 0 Å². The van der Waals surface area contributed by atoms with Crippen LogP contribution >= 0.6 is 23.2 Å². The van der Waals surface area contributed by atoms with Crippen LogP contribution in [-0.4, -0.2) is 43.8 Å². The number of halogens is 3. The van der Waals surface area contributed by atoms with Gasteiger partial charge in [0.25, 0.3) is 10.0 Å². The monoisotopic (exact) mass is 695 g/mol. The molecule has 1 N–H and O–H groups in total. The molecule has 1 atom stereocenters. The molecule has 4 aromatic rings. The van der Waals surface area contributed by atoms with E-state index in [-0.39, 0.29) is 40.5 Å². The third-order valence-electron chi connectivity index (χ3n) is 8.31. The molecule has 2 amide bonds. The maximum atomic E-state index is 14.6. The van der Waals surface area contributed by atoms with Crippen molar-refractivity contribution in [1.82, 2.24) is 10.2 Å². The van der Waals surface area contributed by atoms with Crippen LogP contribution < -0.4 is 9.62 Å². The predicted molar refractivity (Wildman–Crippen MR) is 183 cm³/mol. The Morgan fingerprint density at radius 1 is 0.872 bits per heavy atom. The number of hydrogen-bond acceptors (Lipinski definition) is 4. The lowest BCUT2D eigenvalue weighted by Gasteiger charge is -2.34. The van der Waals surface area contributed by atoms with Crippen LogP contribution in [-0.2, 0) is 32.6 Å². The summed E-state index contributed by atoms with van der Waals surface area (Å²) < 4.78 is 42.9. The van der Waals surface area contributed by atoms with Crippen LogP contribution in [0.15, 0.2) is 102 Å². The maximum absolute atomic E-state index is 14.6. The minimum atomic E-state index is -4.34. The zero-order chi connectivity index (χ0) is 33.6. The summed E-state index contributed by atoms with van der Waals surface area (Å²) in [6.45, 7) is 1.21. The van der Waals surface area contributed by atoms with Gasteiger partial charge in [-0.2, -0.15) is 0 Å². The Morgan fingerprint density at radius 2 is 1.53 bits per heavy atom. The smallest absolute Gasteiger partial charge is 0.264 e. The fourth-order valence-corrected chi connectivity index (χ4v) is 7.46. The van der Waals surface area contributed by atoms with E-state index >= 15 is 0 Å². The van der Waals surface area contributed by atoms with Crippen molar-refractivity contribution in [2.45, 2.75) is 62.6 Å². The van der Waals surface area contributed by atoms with Crippen LogP contribution in [0.4, 0.5) is 10.1 Å². The number of amides is 2. The van der Waals surface area contributed by atoms with Gasteiger partial charge in [-0.25, -0.2) is 12.8 Å². The van der Waals surface area contributed by atoms with Gasteiger partial charge < -0.3 is 10.2 Å². The molecular weight excluding hydrogens is 660 g/mol. The van der Waals surface area contributed by atoms with Crippen LogP contribution in [0.5, 0.6) is 0 Å². The van der Waals surface area contributed by atoms with Gasteiger partial charge in [0, 0.05) is 19.0 Å². The number of carbonyl (C=O) groups is 2. The topological polar surface area (TPSA) is 86.8 Å². The van der Waals surface area contributed by atoms with E-state index in [9.17, 15) is 22.4 Å². The quantitative estimate of drug-likeness (QED) is 0.168. The highest BCUT2D eigenvalue weighted by atomic mass is 35.5. The Balaban J connectivity index is 1.57. The fourth-order valence-electron chi connectivity index (χ4n) is 5.73. The summed E-state index contributed by atoms with van der Waals surface area (Å²) in [7, 11) is -4.34. The first-order valence-corrected chi connectivity index (χ1v) is 17.6. The van der Waals surface area contributed by atoms with Crippen molar-refractivity contribution in [3.63, 3.8) is 0 Å². The lowest BCUT2D eigenvalue weighted by atomic mass is 10.0. The molecule has 5 rings (SSSR count). The van der Waals surface area contributed by atoms with Crippen molar-refractivity contribution in [3.8, 4) is 0 Å². The van der Waals surface area contributed by atoms with Crippen molar-refractivity contribution < 1.29 is 22.4 Å². The second kappa shape index (κ2) is 15.3. The van der Waals surface area contributed by atoms with Gasteiger partial charge in [0.05, 0.1) is 20.6 Å². The van der Waals surface area contributed by atoms with E-state index in [0.717, 1.165) is 65.4 Å². The van der Waals surface area contributed by atoms with Crippen LogP contribution in [0.2, 0.25) is 10.0 Å². The second-order valence-electron chi connectivity index (χ2n) is 11.8. The van der Waals surface area contributed by atoms with E-state index in [1.165, 1.54) is 4.90 Å². The van der Waals surface area contributed by atoms with Crippen molar-refractivity contribution in [2.75, 3.05) is 10.8 Å². The summed E-state index contributed by atoms with van der Waals surface area (Å²) in [6.07, 6.45) is 3.91. The number of anilines is 1. The lowest BCUT2D eigenvalue weighted by molar-refractivity contribution is -0.140. The first-order valence-electron chi connectivity index (χ1n) is 15.4. The van der Waals surface area contributed by atoms with Crippen molar-refractivity contribution in [1.29, 1.82) is 0 Å². The Hall–Kier alpha value is -3.92. The average Bonchev–Trinajstić information content (AvgIpc) is 3.57. The van der Waals surface area contributed by atoms with E-state index in [0.29, 0.717) is 10.6 Å². The van der Waals surface area contributed by atoms with Crippen LogP contribution in [0.1, 0.15) is 42.4 Å². The summed E-state index contributed by atoms with van der Waals surface area (Å²) in [5, 5.41) is 3.77. The van der Waals surface area contributed by atoms with Crippen LogP contribution in [0.25, 0.3) is 0 Å². The largest absolute Gasteiger partial charge is 0.352 e. The highest BCUT2D eigenvalue weighted by Crippen LogP contribution is 2.28. The van der Waals surface area contributed by atoms with Gasteiger partial charge >= 0.3 is 0 Å². The number of nitrogens with one attached hydrogen (secondary N) is 1. The normalized spacial score (nSPS) is 14.0. The molecule has 1 unspecified atom stereocenters. The summed E-state index contributed by atoms with van der Waals surface area (Å²) in [5.74, 6) is -1.52. The van der Waals surface area contributed by atoms with E-state index in [4.69, 9.17) is 23.2 Å². The summed E-state index contributed by atoms with van der Waals surface area (Å²) in [4.78, 5) is 29.9. The number of hydrogen-bond donors (Lipinski definition) is 1. The number of sulfonamides is 1. The molecule has 0 bridgehead atoms. The Labute approximate surface area is 285 Å². The molecule has 47 heavy (non-hydrogen) atoms. The molecule has 1 aliphatic carbocycles. The summed E-state index contributed by atoms with van der Waals surface area (Å²) in [5.41, 5.74) is 2.59.